The lowest BCUT2D eigenvalue weighted by Gasteiger charge is -2.12. The molecule has 0 heterocycles. The molecule has 0 aliphatic heterocycles. The van der Waals surface area contributed by atoms with Crippen molar-refractivity contribution in [2.75, 3.05) is 20.1 Å². The number of rotatable bonds is 5. The quantitative estimate of drug-likeness (QED) is 0.629. The molecule has 0 amide bonds. The SMILES string of the molecule is CN=C(NCCc1cc(C)cc(C)c1)NCC1CC1. The molecule has 104 valence electrons. The Labute approximate surface area is 116 Å². The zero-order chi connectivity index (χ0) is 13.7. The Morgan fingerprint density at radius 1 is 1.16 bits per heavy atom. The number of hydrogen-bond acceptors (Lipinski definition) is 1. The molecular formula is C16H25N3. The minimum absolute atomic E-state index is 0.873. The fourth-order valence-electron chi connectivity index (χ4n) is 2.32. The Kier molecular flexibility index (Phi) is 4.83. The molecule has 1 saturated carbocycles. The van der Waals surface area contributed by atoms with Crippen LogP contribution in [0.1, 0.15) is 29.5 Å². The van der Waals surface area contributed by atoms with E-state index in [1.165, 1.54) is 29.5 Å². The van der Waals surface area contributed by atoms with E-state index >= 15 is 0 Å². The van der Waals surface area contributed by atoms with Gasteiger partial charge in [-0.15, -0.1) is 0 Å². The van der Waals surface area contributed by atoms with Crippen molar-refractivity contribution < 1.29 is 0 Å². The third-order valence-electron chi connectivity index (χ3n) is 3.47. The maximum atomic E-state index is 4.25. The Balaban J connectivity index is 1.74. The second-order valence-electron chi connectivity index (χ2n) is 5.57. The normalized spacial score (nSPS) is 15.4. The predicted octanol–water partition coefficient (Wildman–Crippen LogP) is 2.42. The zero-order valence-electron chi connectivity index (χ0n) is 12.3. The monoisotopic (exact) mass is 259 g/mol. The second-order valence-corrected chi connectivity index (χ2v) is 5.57. The largest absolute Gasteiger partial charge is 0.356 e. The van der Waals surface area contributed by atoms with Gasteiger partial charge in [-0.3, -0.25) is 4.99 Å². The Bertz CT molecular complexity index is 427. The topological polar surface area (TPSA) is 36.4 Å². The lowest BCUT2D eigenvalue weighted by molar-refractivity contribution is 0.734. The summed E-state index contributed by atoms with van der Waals surface area (Å²) in [4.78, 5) is 4.25. The van der Waals surface area contributed by atoms with Gasteiger partial charge in [0.25, 0.3) is 0 Å². The Hall–Kier alpha value is -1.51. The lowest BCUT2D eigenvalue weighted by Crippen LogP contribution is -2.39. The molecule has 1 aliphatic rings. The summed E-state index contributed by atoms with van der Waals surface area (Å²) in [6.07, 6.45) is 3.77. The van der Waals surface area contributed by atoms with Crippen LogP contribution in [0.2, 0.25) is 0 Å². The van der Waals surface area contributed by atoms with E-state index in [1.807, 2.05) is 7.05 Å². The van der Waals surface area contributed by atoms with Crippen molar-refractivity contribution in [3.63, 3.8) is 0 Å². The van der Waals surface area contributed by atoms with Crippen LogP contribution in [0.3, 0.4) is 0 Å². The molecule has 1 aliphatic carbocycles. The maximum Gasteiger partial charge on any atom is 0.190 e. The minimum Gasteiger partial charge on any atom is -0.356 e. The van der Waals surface area contributed by atoms with E-state index in [0.717, 1.165) is 31.4 Å². The van der Waals surface area contributed by atoms with Crippen molar-refractivity contribution >= 4 is 5.96 Å². The molecule has 3 nitrogen and oxygen atoms in total. The van der Waals surface area contributed by atoms with Gasteiger partial charge in [0.1, 0.15) is 0 Å². The fraction of sp³-hybridized carbons (Fsp3) is 0.562. The van der Waals surface area contributed by atoms with Crippen LogP contribution in [0.5, 0.6) is 0 Å². The number of nitrogens with one attached hydrogen (secondary N) is 2. The second kappa shape index (κ2) is 6.60. The zero-order valence-corrected chi connectivity index (χ0v) is 12.3. The lowest BCUT2D eigenvalue weighted by atomic mass is 10.1. The minimum atomic E-state index is 0.873. The van der Waals surface area contributed by atoms with Crippen LogP contribution in [0, 0.1) is 19.8 Å². The molecule has 0 spiro atoms. The number of benzene rings is 1. The molecule has 2 N–H and O–H groups in total. The van der Waals surface area contributed by atoms with Gasteiger partial charge < -0.3 is 10.6 Å². The van der Waals surface area contributed by atoms with Crippen LogP contribution >= 0.6 is 0 Å². The number of hydrogen-bond donors (Lipinski definition) is 2. The first kappa shape index (κ1) is 13.9. The summed E-state index contributed by atoms with van der Waals surface area (Å²) in [6, 6.07) is 6.73. The van der Waals surface area contributed by atoms with Crippen molar-refractivity contribution in [2.45, 2.75) is 33.1 Å². The van der Waals surface area contributed by atoms with E-state index in [0.29, 0.717) is 0 Å². The van der Waals surface area contributed by atoms with Gasteiger partial charge in [-0.05, 0) is 44.6 Å². The molecule has 0 radical (unpaired) electrons. The van der Waals surface area contributed by atoms with Gasteiger partial charge >= 0.3 is 0 Å². The van der Waals surface area contributed by atoms with Crippen LogP contribution in [0.15, 0.2) is 23.2 Å². The standard InChI is InChI=1S/C16H25N3/c1-12-8-13(2)10-15(9-12)6-7-18-16(17-3)19-11-14-4-5-14/h8-10,14H,4-7,11H2,1-3H3,(H2,17,18,19). The molecule has 0 unspecified atom stereocenters. The van der Waals surface area contributed by atoms with E-state index in [2.05, 4.69) is 47.7 Å². The molecule has 0 saturated heterocycles. The first-order valence-electron chi connectivity index (χ1n) is 7.19. The van der Waals surface area contributed by atoms with Gasteiger partial charge in [0.15, 0.2) is 5.96 Å². The van der Waals surface area contributed by atoms with E-state index < -0.39 is 0 Å². The van der Waals surface area contributed by atoms with Gasteiger partial charge in [0.2, 0.25) is 0 Å². The van der Waals surface area contributed by atoms with Gasteiger partial charge in [0, 0.05) is 20.1 Å². The third kappa shape index (κ3) is 4.93. The molecular weight excluding hydrogens is 234 g/mol. The van der Waals surface area contributed by atoms with Crippen molar-refractivity contribution in [3.8, 4) is 0 Å². The molecule has 3 heteroatoms. The highest BCUT2D eigenvalue weighted by atomic mass is 15.2. The first-order valence-corrected chi connectivity index (χ1v) is 7.19. The van der Waals surface area contributed by atoms with Crippen LogP contribution in [-0.2, 0) is 6.42 Å². The predicted molar refractivity (Wildman–Crippen MR) is 81.7 cm³/mol. The van der Waals surface area contributed by atoms with Crippen molar-refractivity contribution in [1.82, 2.24) is 10.6 Å². The smallest absolute Gasteiger partial charge is 0.190 e. The highest BCUT2D eigenvalue weighted by molar-refractivity contribution is 5.79. The van der Waals surface area contributed by atoms with Crippen LogP contribution < -0.4 is 10.6 Å². The Morgan fingerprint density at radius 2 is 1.84 bits per heavy atom. The summed E-state index contributed by atoms with van der Waals surface area (Å²) in [7, 11) is 1.83. The summed E-state index contributed by atoms with van der Waals surface area (Å²) in [5.41, 5.74) is 4.07. The molecule has 0 bridgehead atoms. The Morgan fingerprint density at radius 3 is 2.42 bits per heavy atom. The number of aliphatic imine (C=N–C) groups is 1. The van der Waals surface area contributed by atoms with E-state index in [9.17, 15) is 0 Å². The molecule has 0 atom stereocenters. The average Bonchev–Trinajstić information content (AvgIpc) is 3.16. The van der Waals surface area contributed by atoms with Crippen LogP contribution in [-0.4, -0.2) is 26.1 Å². The van der Waals surface area contributed by atoms with Crippen molar-refractivity contribution in [3.05, 3.63) is 34.9 Å². The summed E-state index contributed by atoms with van der Waals surface area (Å²) < 4.78 is 0. The molecule has 2 rings (SSSR count). The number of nitrogens with zero attached hydrogens (tertiary/aromatic N) is 1. The van der Waals surface area contributed by atoms with Gasteiger partial charge in [-0.25, -0.2) is 0 Å². The van der Waals surface area contributed by atoms with E-state index in [1.54, 1.807) is 0 Å². The summed E-state index contributed by atoms with van der Waals surface area (Å²) in [5.74, 6) is 1.80. The highest BCUT2D eigenvalue weighted by Gasteiger charge is 2.20. The molecule has 1 aromatic carbocycles. The maximum absolute atomic E-state index is 4.25. The van der Waals surface area contributed by atoms with Crippen molar-refractivity contribution in [2.24, 2.45) is 10.9 Å². The number of aryl methyl sites for hydroxylation is 2. The summed E-state index contributed by atoms with van der Waals surface area (Å²) >= 11 is 0. The molecule has 1 aromatic rings. The summed E-state index contributed by atoms with van der Waals surface area (Å²) in [5, 5.41) is 6.76. The van der Waals surface area contributed by atoms with E-state index in [-0.39, 0.29) is 0 Å². The van der Waals surface area contributed by atoms with Crippen LogP contribution in [0.25, 0.3) is 0 Å². The molecule has 1 fully saturated rings. The van der Waals surface area contributed by atoms with Gasteiger partial charge in [-0.2, -0.15) is 0 Å². The van der Waals surface area contributed by atoms with Gasteiger partial charge in [0.05, 0.1) is 0 Å². The highest BCUT2D eigenvalue weighted by Crippen LogP contribution is 2.27. The van der Waals surface area contributed by atoms with Gasteiger partial charge in [-0.1, -0.05) is 29.3 Å². The molecule has 19 heavy (non-hydrogen) atoms. The van der Waals surface area contributed by atoms with Crippen LogP contribution in [0.4, 0.5) is 0 Å². The first-order chi connectivity index (χ1) is 9.17. The number of guanidine groups is 1. The fourth-order valence-corrected chi connectivity index (χ4v) is 2.32. The van der Waals surface area contributed by atoms with E-state index in [4.69, 9.17) is 0 Å². The average molecular weight is 259 g/mol. The molecule has 0 aromatic heterocycles. The van der Waals surface area contributed by atoms with Crippen molar-refractivity contribution in [1.29, 1.82) is 0 Å². The third-order valence-corrected chi connectivity index (χ3v) is 3.47. The summed E-state index contributed by atoms with van der Waals surface area (Å²) in [6.45, 7) is 6.29.